The minimum absolute atomic E-state index is 0.0388. The third-order valence-electron chi connectivity index (χ3n) is 2.88. The molecule has 2 N–H and O–H groups in total. The normalized spacial score (nSPS) is 11.1. The number of rotatable bonds is 5. The van der Waals surface area contributed by atoms with E-state index in [1.165, 1.54) is 42.6 Å². The van der Waals surface area contributed by atoms with E-state index in [0.717, 1.165) is 0 Å². The molecule has 1 amide bonds. The molecule has 1 aromatic heterocycles. The molecule has 1 heterocycles. The quantitative estimate of drug-likeness (QED) is 0.855. The second-order valence-corrected chi connectivity index (χ2v) is 7.02. The summed E-state index contributed by atoms with van der Waals surface area (Å²) < 4.78 is 24.1. The van der Waals surface area contributed by atoms with Gasteiger partial charge in [0.25, 0.3) is 5.91 Å². The molecule has 2 rings (SSSR count). The number of pyridine rings is 1. The molecular formula is C14H13ClN2O4S. The fourth-order valence-corrected chi connectivity index (χ4v) is 3.00. The van der Waals surface area contributed by atoms with E-state index in [1.54, 1.807) is 0 Å². The van der Waals surface area contributed by atoms with Crippen molar-refractivity contribution < 1.29 is 13.2 Å². The lowest BCUT2D eigenvalue weighted by Gasteiger charge is -2.06. The summed E-state index contributed by atoms with van der Waals surface area (Å²) in [6.07, 6.45) is 1.27. The Hall–Kier alpha value is -2.12. The monoisotopic (exact) mass is 340 g/mol. The van der Waals surface area contributed by atoms with Crippen molar-refractivity contribution in [2.45, 2.75) is 4.90 Å². The summed E-state index contributed by atoms with van der Waals surface area (Å²) in [6, 6.07) is 8.41. The molecule has 0 atom stereocenters. The zero-order valence-electron chi connectivity index (χ0n) is 11.4. The molecule has 0 unspecified atom stereocenters. The number of sulfone groups is 1. The molecule has 0 spiro atoms. The van der Waals surface area contributed by atoms with Crippen molar-refractivity contribution in [3.8, 4) is 0 Å². The third kappa shape index (κ3) is 4.19. The molecular weight excluding hydrogens is 328 g/mol. The van der Waals surface area contributed by atoms with E-state index in [4.69, 9.17) is 11.6 Å². The summed E-state index contributed by atoms with van der Waals surface area (Å²) in [5.74, 6) is -0.688. The van der Waals surface area contributed by atoms with Crippen LogP contribution in [-0.2, 0) is 9.84 Å². The van der Waals surface area contributed by atoms with Gasteiger partial charge in [-0.05, 0) is 30.3 Å². The summed E-state index contributed by atoms with van der Waals surface area (Å²) in [5, 5.41) is 2.94. The second kappa shape index (κ2) is 6.76. The third-order valence-corrected chi connectivity index (χ3v) is 4.86. The van der Waals surface area contributed by atoms with Crippen molar-refractivity contribution in [3.05, 3.63) is 63.5 Å². The molecule has 0 bridgehead atoms. The summed E-state index contributed by atoms with van der Waals surface area (Å²) in [6.45, 7) is -0.0388. The van der Waals surface area contributed by atoms with Gasteiger partial charge in [0.05, 0.1) is 16.2 Å². The van der Waals surface area contributed by atoms with Gasteiger partial charge in [0.1, 0.15) is 0 Å². The molecule has 6 nitrogen and oxygen atoms in total. The largest absolute Gasteiger partial charge is 0.351 e. The van der Waals surface area contributed by atoms with Gasteiger partial charge in [-0.25, -0.2) is 8.42 Å². The number of benzene rings is 1. The maximum absolute atomic E-state index is 12.1. The predicted octanol–water partition coefficient (Wildman–Crippen LogP) is 1.23. The van der Waals surface area contributed by atoms with E-state index < -0.39 is 15.7 Å². The first-order valence-corrected chi connectivity index (χ1v) is 8.37. The lowest BCUT2D eigenvalue weighted by atomic mass is 10.3. The lowest BCUT2D eigenvalue weighted by Crippen LogP contribution is -2.29. The molecule has 116 valence electrons. The van der Waals surface area contributed by atoms with Crippen LogP contribution < -0.4 is 10.9 Å². The van der Waals surface area contributed by atoms with Gasteiger partial charge < -0.3 is 10.3 Å². The van der Waals surface area contributed by atoms with Gasteiger partial charge in [-0.2, -0.15) is 0 Å². The number of carbonyl (C=O) groups is 1. The first-order chi connectivity index (χ1) is 10.4. The maximum atomic E-state index is 12.1. The average molecular weight is 341 g/mol. The number of hydrogen-bond donors (Lipinski definition) is 2. The first kappa shape index (κ1) is 16.3. The minimum Gasteiger partial charge on any atom is -0.351 e. The highest BCUT2D eigenvalue weighted by atomic mass is 35.5. The van der Waals surface area contributed by atoms with Gasteiger partial charge in [0, 0.05) is 23.8 Å². The van der Waals surface area contributed by atoms with E-state index in [0.29, 0.717) is 5.02 Å². The van der Waals surface area contributed by atoms with E-state index in [2.05, 4.69) is 10.3 Å². The summed E-state index contributed by atoms with van der Waals surface area (Å²) >= 11 is 5.71. The number of nitrogens with one attached hydrogen (secondary N) is 2. The topological polar surface area (TPSA) is 96.1 Å². The number of carbonyl (C=O) groups excluding carboxylic acids is 1. The summed E-state index contributed by atoms with van der Waals surface area (Å²) in [4.78, 5) is 25.2. The number of halogens is 1. The number of aromatic amines is 1. The van der Waals surface area contributed by atoms with Crippen LogP contribution in [0.25, 0.3) is 0 Å². The SMILES string of the molecule is O=C(NCCS(=O)(=O)c1ccc(Cl)cc1)c1ccc(=O)[nH]c1. The van der Waals surface area contributed by atoms with Gasteiger partial charge >= 0.3 is 0 Å². The van der Waals surface area contributed by atoms with Crippen LogP contribution in [0, 0.1) is 0 Å². The van der Waals surface area contributed by atoms with Crippen LogP contribution in [0.15, 0.2) is 52.3 Å². The Morgan fingerprint density at radius 1 is 1.14 bits per heavy atom. The Morgan fingerprint density at radius 3 is 2.41 bits per heavy atom. The number of amides is 1. The molecule has 0 radical (unpaired) electrons. The molecule has 0 aliphatic carbocycles. The van der Waals surface area contributed by atoms with Crippen molar-refractivity contribution in [2.75, 3.05) is 12.3 Å². The number of hydrogen-bond acceptors (Lipinski definition) is 4. The Morgan fingerprint density at radius 2 is 1.82 bits per heavy atom. The maximum Gasteiger partial charge on any atom is 0.252 e. The Balaban J connectivity index is 1.95. The molecule has 0 aliphatic rings. The van der Waals surface area contributed by atoms with Gasteiger partial charge in [0.15, 0.2) is 9.84 Å². The van der Waals surface area contributed by atoms with Crippen LogP contribution >= 0.6 is 11.6 Å². The second-order valence-electron chi connectivity index (χ2n) is 4.47. The lowest BCUT2D eigenvalue weighted by molar-refractivity contribution is 0.0955. The number of H-pyrrole nitrogens is 1. The highest BCUT2D eigenvalue weighted by Gasteiger charge is 2.15. The highest BCUT2D eigenvalue weighted by Crippen LogP contribution is 2.15. The molecule has 0 saturated carbocycles. The number of aromatic nitrogens is 1. The van der Waals surface area contributed by atoms with Crippen LogP contribution in [0.4, 0.5) is 0 Å². The Labute approximate surface area is 132 Å². The predicted molar refractivity (Wildman–Crippen MR) is 82.9 cm³/mol. The van der Waals surface area contributed by atoms with Gasteiger partial charge in [-0.15, -0.1) is 0 Å². The molecule has 0 aliphatic heterocycles. The van der Waals surface area contributed by atoms with E-state index in [1.807, 2.05) is 0 Å². The van der Waals surface area contributed by atoms with E-state index in [9.17, 15) is 18.0 Å². The van der Waals surface area contributed by atoms with Gasteiger partial charge in [0.2, 0.25) is 5.56 Å². The zero-order valence-corrected chi connectivity index (χ0v) is 12.9. The summed E-state index contributed by atoms with van der Waals surface area (Å²) in [7, 11) is -3.49. The van der Waals surface area contributed by atoms with Crippen LogP contribution in [0.5, 0.6) is 0 Å². The molecule has 2 aromatic rings. The Bertz CT molecular complexity index is 808. The summed E-state index contributed by atoms with van der Waals surface area (Å²) in [5.41, 5.74) is -0.0645. The van der Waals surface area contributed by atoms with Crippen LogP contribution in [0.1, 0.15) is 10.4 Å². The molecule has 22 heavy (non-hydrogen) atoms. The average Bonchev–Trinajstić information content (AvgIpc) is 2.48. The molecule has 8 heteroatoms. The smallest absolute Gasteiger partial charge is 0.252 e. The minimum atomic E-state index is -3.49. The molecule has 0 fully saturated rings. The van der Waals surface area contributed by atoms with Crippen LogP contribution in [0.2, 0.25) is 5.02 Å². The fourth-order valence-electron chi connectivity index (χ4n) is 1.71. The van der Waals surface area contributed by atoms with Crippen molar-refractivity contribution in [1.82, 2.24) is 10.3 Å². The van der Waals surface area contributed by atoms with Crippen LogP contribution in [-0.4, -0.2) is 31.6 Å². The fraction of sp³-hybridized carbons (Fsp3) is 0.143. The van der Waals surface area contributed by atoms with E-state index in [-0.39, 0.29) is 28.3 Å². The first-order valence-electron chi connectivity index (χ1n) is 6.34. The van der Waals surface area contributed by atoms with Crippen molar-refractivity contribution in [2.24, 2.45) is 0 Å². The van der Waals surface area contributed by atoms with Crippen molar-refractivity contribution >= 4 is 27.3 Å². The molecule has 0 saturated heterocycles. The standard InChI is InChI=1S/C14H13ClN2O4S/c15-11-2-4-12(5-3-11)22(20,21)8-7-16-14(19)10-1-6-13(18)17-9-10/h1-6,9H,7-8H2,(H,16,19)(H,17,18). The molecule has 1 aromatic carbocycles. The zero-order chi connectivity index (χ0) is 16.2. The van der Waals surface area contributed by atoms with Crippen molar-refractivity contribution in [1.29, 1.82) is 0 Å². The van der Waals surface area contributed by atoms with Gasteiger partial charge in [-0.1, -0.05) is 11.6 Å². The van der Waals surface area contributed by atoms with Crippen LogP contribution in [0.3, 0.4) is 0 Å². The van der Waals surface area contributed by atoms with Crippen molar-refractivity contribution in [3.63, 3.8) is 0 Å². The van der Waals surface area contributed by atoms with E-state index >= 15 is 0 Å². The Kier molecular flexibility index (Phi) is 4.99. The highest BCUT2D eigenvalue weighted by molar-refractivity contribution is 7.91. The van der Waals surface area contributed by atoms with Gasteiger partial charge in [-0.3, -0.25) is 9.59 Å².